The number of aromatic nitrogens is 2. The lowest BCUT2D eigenvalue weighted by atomic mass is 10.1. The number of Topliss-reactive ketones (excluding diaryl/α,β-unsaturated/α-hetero) is 1. The summed E-state index contributed by atoms with van der Waals surface area (Å²) >= 11 is 0. The fourth-order valence-corrected chi connectivity index (χ4v) is 1.28. The monoisotopic (exact) mass is 234 g/mol. The number of carbonyl (C=O) groups is 1. The van der Waals surface area contributed by atoms with Crippen LogP contribution in [0.25, 0.3) is 0 Å². The summed E-state index contributed by atoms with van der Waals surface area (Å²) in [5, 5.41) is 3.79. The maximum absolute atomic E-state index is 12.6. The van der Waals surface area contributed by atoms with Crippen LogP contribution in [0.3, 0.4) is 0 Å². The summed E-state index contributed by atoms with van der Waals surface area (Å²) in [6.07, 6.45) is -4.48. The fourth-order valence-electron chi connectivity index (χ4n) is 1.28. The minimum Gasteiger partial charge on any atom is -0.298 e. The second-order valence-corrected chi connectivity index (χ2v) is 3.97. The Morgan fingerprint density at radius 3 is 2.44 bits per heavy atom. The van der Waals surface area contributed by atoms with Gasteiger partial charge in [0, 0.05) is 0 Å². The van der Waals surface area contributed by atoms with Crippen molar-refractivity contribution in [3.63, 3.8) is 0 Å². The SMILES string of the molecule is CC(=O)Cn1nc(C(C)C)cc1C(F)(F)F. The number of halogens is 3. The van der Waals surface area contributed by atoms with Crippen molar-refractivity contribution in [2.75, 3.05) is 0 Å². The normalized spacial score (nSPS) is 12.2. The highest BCUT2D eigenvalue weighted by molar-refractivity contribution is 5.75. The van der Waals surface area contributed by atoms with Crippen molar-refractivity contribution in [2.45, 2.75) is 39.4 Å². The summed E-state index contributed by atoms with van der Waals surface area (Å²) in [4.78, 5) is 10.8. The third-order valence-electron chi connectivity index (χ3n) is 2.05. The first-order valence-electron chi connectivity index (χ1n) is 4.86. The van der Waals surface area contributed by atoms with Gasteiger partial charge in [-0.15, -0.1) is 0 Å². The van der Waals surface area contributed by atoms with E-state index in [1.807, 2.05) is 0 Å². The Kier molecular flexibility index (Phi) is 3.40. The predicted molar refractivity (Wildman–Crippen MR) is 52.0 cm³/mol. The number of alkyl halides is 3. The van der Waals surface area contributed by atoms with Gasteiger partial charge < -0.3 is 0 Å². The van der Waals surface area contributed by atoms with Crippen molar-refractivity contribution in [1.29, 1.82) is 0 Å². The molecule has 1 aromatic heterocycles. The molecular formula is C10H13F3N2O. The second-order valence-electron chi connectivity index (χ2n) is 3.97. The molecule has 3 nitrogen and oxygen atoms in total. The first-order valence-corrected chi connectivity index (χ1v) is 4.86. The molecule has 0 bridgehead atoms. The molecule has 1 rings (SSSR count). The van der Waals surface area contributed by atoms with Gasteiger partial charge in [-0.3, -0.25) is 9.48 Å². The molecule has 1 aromatic rings. The highest BCUT2D eigenvalue weighted by Crippen LogP contribution is 2.31. The van der Waals surface area contributed by atoms with Crippen LogP contribution in [-0.2, 0) is 17.5 Å². The average molecular weight is 234 g/mol. The largest absolute Gasteiger partial charge is 0.433 e. The molecule has 0 unspecified atom stereocenters. The molecule has 16 heavy (non-hydrogen) atoms. The van der Waals surface area contributed by atoms with E-state index in [-0.39, 0.29) is 18.2 Å². The lowest BCUT2D eigenvalue weighted by Crippen LogP contribution is -2.17. The van der Waals surface area contributed by atoms with Gasteiger partial charge in [0.1, 0.15) is 5.69 Å². The third kappa shape index (κ3) is 2.84. The third-order valence-corrected chi connectivity index (χ3v) is 2.05. The topological polar surface area (TPSA) is 34.9 Å². The van der Waals surface area contributed by atoms with Gasteiger partial charge in [-0.2, -0.15) is 18.3 Å². The van der Waals surface area contributed by atoms with Crippen molar-refractivity contribution < 1.29 is 18.0 Å². The molecule has 1 heterocycles. The van der Waals surface area contributed by atoms with E-state index in [1.54, 1.807) is 13.8 Å². The van der Waals surface area contributed by atoms with Crippen LogP contribution in [0, 0.1) is 0 Å². The zero-order valence-corrected chi connectivity index (χ0v) is 9.30. The summed E-state index contributed by atoms with van der Waals surface area (Å²) in [5.74, 6) is -0.460. The zero-order valence-electron chi connectivity index (χ0n) is 9.30. The fraction of sp³-hybridized carbons (Fsp3) is 0.600. The number of rotatable bonds is 3. The minimum absolute atomic E-state index is 0.102. The van der Waals surface area contributed by atoms with Crippen molar-refractivity contribution in [1.82, 2.24) is 9.78 Å². The molecule has 0 atom stereocenters. The Morgan fingerprint density at radius 2 is 2.06 bits per heavy atom. The van der Waals surface area contributed by atoms with Crippen LogP contribution in [0.1, 0.15) is 38.1 Å². The molecule has 6 heteroatoms. The Labute approximate surface area is 91.3 Å². The van der Waals surface area contributed by atoms with Gasteiger partial charge in [-0.1, -0.05) is 13.8 Å². The van der Waals surface area contributed by atoms with Crippen LogP contribution < -0.4 is 0 Å². The predicted octanol–water partition coefficient (Wildman–Crippen LogP) is 2.61. The Balaban J connectivity index is 3.18. The summed E-state index contributed by atoms with van der Waals surface area (Å²) in [7, 11) is 0. The van der Waals surface area contributed by atoms with Crippen molar-refractivity contribution >= 4 is 5.78 Å². The van der Waals surface area contributed by atoms with E-state index in [9.17, 15) is 18.0 Å². The number of hydrogen-bond acceptors (Lipinski definition) is 2. The molecule has 0 N–H and O–H groups in total. The number of hydrogen-bond donors (Lipinski definition) is 0. The molecule has 90 valence electrons. The molecule has 0 saturated carbocycles. The Hall–Kier alpha value is -1.33. The van der Waals surface area contributed by atoms with E-state index < -0.39 is 11.9 Å². The van der Waals surface area contributed by atoms with Gasteiger partial charge in [-0.05, 0) is 18.9 Å². The van der Waals surface area contributed by atoms with E-state index in [2.05, 4.69) is 5.10 Å². The number of nitrogens with zero attached hydrogens (tertiary/aromatic N) is 2. The van der Waals surface area contributed by atoms with Gasteiger partial charge in [0.2, 0.25) is 0 Å². The lowest BCUT2D eigenvalue weighted by Gasteiger charge is -2.07. The smallest absolute Gasteiger partial charge is 0.298 e. The van der Waals surface area contributed by atoms with E-state index >= 15 is 0 Å². The Morgan fingerprint density at radius 1 is 1.50 bits per heavy atom. The first-order chi connectivity index (χ1) is 7.21. The molecule has 0 spiro atoms. The maximum atomic E-state index is 12.6. The van der Waals surface area contributed by atoms with Crippen LogP contribution in [-0.4, -0.2) is 15.6 Å². The van der Waals surface area contributed by atoms with Gasteiger partial charge >= 0.3 is 6.18 Å². The van der Waals surface area contributed by atoms with Crippen LogP contribution in [0.2, 0.25) is 0 Å². The van der Waals surface area contributed by atoms with Crippen molar-refractivity contribution in [3.05, 3.63) is 17.5 Å². The first kappa shape index (κ1) is 12.7. The summed E-state index contributed by atoms with van der Waals surface area (Å²) in [6, 6.07) is 0.994. The summed E-state index contributed by atoms with van der Waals surface area (Å²) < 4.78 is 38.5. The molecule has 0 amide bonds. The molecule has 0 saturated heterocycles. The molecule has 0 fully saturated rings. The standard InChI is InChI=1S/C10H13F3N2O/c1-6(2)8-4-9(10(11,12)13)15(14-8)5-7(3)16/h4,6H,5H2,1-3H3. The molecule has 0 aliphatic rings. The molecular weight excluding hydrogens is 221 g/mol. The minimum atomic E-state index is -4.48. The van der Waals surface area contributed by atoms with Crippen molar-refractivity contribution in [2.24, 2.45) is 0 Å². The number of ketones is 1. The molecule has 0 aliphatic heterocycles. The van der Waals surface area contributed by atoms with E-state index in [4.69, 9.17) is 0 Å². The second kappa shape index (κ2) is 4.27. The van der Waals surface area contributed by atoms with Crippen LogP contribution in [0.4, 0.5) is 13.2 Å². The molecule has 0 aliphatic carbocycles. The average Bonchev–Trinajstić information content (AvgIpc) is 2.45. The van der Waals surface area contributed by atoms with Crippen LogP contribution in [0.5, 0.6) is 0 Å². The summed E-state index contributed by atoms with van der Waals surface area (Å²) in [5.41, 5.74) is -0.528. The number of carbonyl (C=O) groups excluding carboxylic acids is 1. The highest BCUT2D eigenvalue weighted by Gasteiger charge is 2.36. The van der Waals surface area contributed by atoms with Crippen LogP contribution >= 0.6 is 0 Å². The van der Waals surface area contributed by atoms with Gasteiger partial charge in [0.25, 0.3) is 0 Å². The summed E-state index contributed by atoms with van der Waals surface area (Å²) in [6.45, 7) is 4.39. The van der Waals surface area contributed by atoms with Crippen molar-refractivity contribution in [3.8, 4) is 0 Å². The van der Waals surface area contributed by atoms with Crippen LogP contribution in [0.15, 0.2) is 6.07 Å². The van der Waals surface area contributed by atoms with E-state index in [0.29, 0.717) is 5.69 Å². The lowest BCUT2D eigenvalue weighted by molar-refractivity contribution is -0.144. The quantitative estimate of drug-likeness (QED) is 0.805. The zero-order chi connectivity index (χ0) is 12.5. The molecule has 0 radical (unpaired) electrons. The van der Waals surface area contributed by atoms with Gasteiger partial charge in [0.05, 0.1) is 12.2 Å². The van der Waals surface area contributed by atoms with Gasteiger partial charge in [0.15, 0.2) is 5.78 Å². The Bertz CT molecular complexity index is 393. The highest BCUT2D eigenvalue weighted by atomic mass is 19.4. The maximum Gasteiger partial charge on any atom is 0.433 e. The van der Waals surface area contributed by atoms with E-state index in [1.165, 1.54) is 6.92 Å². The van der Waals surface area contributed by atoms with E-state index in [0.717, 1.165) is 10.7 Å². The molecule has 0 aromatic carbocycles. The van der Waals surface area contributed by atoms with Gasteiger partial charge in [-0.25, -0.2) is 0 Å².